The first kappa shape index (κ1) is 12.3. The molecule has 1 aromatic carbocycles. The number of fused-ring (bicyclic) bond motifs is 1. The highest BCUT2D eigenvalue weighted by atomic mass is 19.1. The predicted molar refractivity (Wildman–Crippen MR) is 69.2 cm³/mol. The molecule has 5 nitrogen and oxygen atoms in total. The van der Waals surface area contributed by atoms with Crippen molar-refractivity contribution in [3.63, 3.8) is 0 Å². The second kappa shape index (κ2) is 4.16. The summed E-state index contributed by atoms with van der Waals surface area (Å²) >= 11 is 0. The Morgan fingerprint density at radius 1 is 1.05 bits per heavy atom. The lowest BCUT2D eigenvalue weighted by atomic mass is 10.2. The van der Waals surface area contributed by atoms with Crippen LogP contribution in [0.15, 0.2) is 33.9 Å². The van der Waals surface area contributed by atoms with Crippen LogP contribution in [0.2, 0.25) is 0 Å². The van der Waals surface area contributed by atoms with Crippen molar-refractivity contribution in [2.75, 3.05) is 0 Å². The van der Waals surface area contributed by atoms with Crippen molar-refractivity contribution in [1.82, 2.24) is 14.8 Å². The Morgan fingerprint density at radius 3 is 2.35 bits per heavy atom. The minimum Gasteiger partial charge on any atom is -0.326 e. The summed E-state index contributed by atoms with van der Waals surface area (Å²) in [5.74, 6) is -1.59. The minimum absolute atomic E-state index is 0.0237. The summed E-state index contributed by atoms with van der Waals surface area (Å²) in [6, 6.07) is 3.98. The maximum Gasteiger partial charge on any atom is 0.280 e. The second-order valence-electron chi connectivity index (χ2n) is 4.43. The van der Waals surface area contributed by atoms with Crippen LogP contribution in [0.25, 0.3) is 16.6 Å². The second-order valence-corrected chi connectivity index (χ2v) is 4.43. The maximum atomic E-state index is 13.2. The minimum atomic E-state index is -0.793. The molecule has 0 saturated heterocycles. The van der Waals surface area contributed by atoms with Gasteiger partial charge in [0.25, 0.3) is 5.56 Å². The van der Waals surface area contributed by atoms with Crippen LogP contribution < -0.4 is 11.1 Å². The Balaban J connectivity index is 2.38. The Morgan fingerprint density at radius 2 is 1.70 bits per heavy atom. The zero-order chi connectivity index (χ0) is 14.4. The van der Waals surface area contributed by atoms with Crippen LogP contribution >= 0.6 is 0 Å². The number of rotatable bonds is 1. The first-order chi connectivity index (χ1) is 9.45. The number of aryl methyl sites for hydroxylation is 1. The summed E-state index contributed by atoms with van der Waals surface area (Å²) in [6.07, 6.45) is 0. The molecule has 2 aromatic heterocycles. The standard InChI is InChI=1S/C13H9F2N3O2/c1-6-12-10(5-11(19)16-6)17-18(13(12)20)9-3-7(14)2-8(15)4-9/h2-5,17H,1H3,(H,16,19). The zero-order valence-electron chi connectivity index (χ0n) is 10.3. The number of aromatic amines is 2. The van der Waals surface area contributed by atoms with E-state index in [1.54, 1.807) is 6.92 Å². The van der Waals surface area contributed by atoms with Gasteiger partial charge in [-0.3, -0.25) is 14.7 Å². The van der Waals surface area contributed by atoms with Gasteiger partial charge in [0.2, 0.25) is 5.56 Å². The molecule has 0 bridgehead atoms. The fourth-order valence-electron chi connectivity index (χ4n) is 2.19. The monoisotopic (exact) mass is 277 g/mol. The van der Waals surface area contributed by atoms with Crippen molar-refractivity contribution in [2.24, 2.45) is 0 Å². The Hall–Kier alpha value is -2.70. The highest BCUT2D eigenvalue weighted by molar-refractivity contribution is 5.80. The molecule has 2 N–H and O–H groups in total. The van der Waals surface area contributed by atoms with Gasteiger partial charge in [0.05, 0.1) is 16.6 Å². The van der Waals surface area contributed by atoms with Crippen LogP contribution in [0.3, 0.4) is 0 Å². The molecule has 0 radical (unpaired) electrons. The molecule has 7 heteroatoms. The third kappa shape index (κ3) is 1.83. The normalized spacial score (nSPS) is 11.2. The summed E-state index contributed by atoms with van der Waals surface area (Å²) in [5.41, 5.74) is -0.131. The third-order valence-corrected chi connectivity index (χ3v) is 2.99. The molecule has 0 atom stereocenters. The molecule has 0 amide bonds. The molecule has 102 valence electrons. The molecule has 0 unspecified atom stereocenters. The van der Waals surface area contributed by atoms with E-state index in [0.717, 1.165) is 16.8 Å². The number of hydrogen-bond acceptors (Lipinski definition) is 2. The van der Waals surface area contributed by atoms with Crippen molar-refractivity contribution < 1.29 is 8.78 Å². The van der Waals surface area contributed by atoms with E-state index in [1.165, 1.54) is 6.07 Å². The molecular weight excluding hydrogens is 268 g/mol. The molecule has 3 rings (SSSR count). The Kier molecular flexibility index (Phi) is 2.56. The van der Waals surface area contributed by atoms with Crippen LogP contribution in [0.4, 0.5) is 8.78 Å². The van der Waals surface area contributed by atoms with Gasteiger partial charge in [0.15, 0.2) is 0 Å². The van der Waals surface area contributed by atoms with Crippen LogP contribution in [-0.4, -0.2) is 14.8 Å². The first-order valence-electron chi connectivity index (χ1n) is 5.77. The Bertz CT molecular complexity index is 917. The van der Waals surface area contributed by atoms with Crippen molar-refractivity contribution in [1.29, 1.82) is 0 Å². The predicted octanol–water partition coefficient (Wildman–Crippen LogP) is 1.59. The van der Waals surface area contributed by atoms with Crippen molar-refractivity contribution in [3.05, 3.63) is 62.3 Å². The smallest absolute Gasteiger partial charge is 0.280 e. The quantitative estimate of drug-likeness (QED) is 0.709. The Labute approximate surface area is 110 Å². The van der Waals surface area contributed by atoms with Crippen LogP contribution in [-0.2, 0) is 0 Å². The van der Waals surface area contributed by atoms with Gasteiger partial charge in [-0.1, -0.05) is 0 Å². The van der Waals surface area contributed by atoms with E-state index in [4.69, 9.17) is 0 Å². The largest absolute Gasteiger partial charge is 0.326 e. The molecule has 20 heavy (non-hydrogen) atoms. The number of halogens is 2. The summed E-state index contributed by atoms with van der Waals surface area (Å²) < 4.78 is 27.4. The number of benzene rings is 1. The SMILES string of the molecule is Cc1[nH]c(=O)cc2[nH]n(-c3cc(F)cc(F)c3)c(=O)c12. The van der Waals surface area contributed by atoms with Gasteiger partial charge < -0.3 is 4.98 Å². The van der Waals surface area contributed by atoms with Crippen LogP contribution in [0, 0.1) is 18.6 Å². The lowest BCUT2D eigenvalue weighted by molar-refractivity contribution is 0.580. The molecule has 3 aromatic rings. The third-order valence-electron chi connectivity index (χ3n) is 2.99. The molecule has 0 spiro atoms. The van der Waals surface area contributed by atoms with E-state index in [0.29, 0.717) is 17.3 Å². The van der Waals surface area contributed by atoms with Crippen molar-refractivity contribution in [3.8, 4) is 5.69 Å². The van der Waals surface area contributed by atoms with Crippen molar-refractivity contribution >= 4 is 10.9 Å². The fraction of sp³-hybridized carbons (Fsp3) is 0.0769. The number of H-pyrrole nitrogens is 2. The molecule has 0 fully saturated rings. The highest BCUT2D eigenvalue weighted by Gasteiger charge is 2.13. The van der Waals surface area contributed by atoms with Crippen LogP contribution in [0.5, 0.6) is 0 Å². The zero-order valence-corrected chi connectivity index (χ0v) is 10.3. The summed E-state index contributed by atoms with van der Waals surface area (Å²) in [7, 11) is 0. The van der Waals surface area contributed by atoms with E-state index in [1.807, 2.05) is 0 Å². The lowest BCUT2D eigenvalue weighted by Crippen LogP contribution is -2.16. The average molecular weight is 277 g/mol. The van der Waals surface area contributed by atoms with Gasteiger partial charge in [0, 0.05) is 17.8 Å². The highest BCUT2D eigenvalue weighted by Crippen LogP contribution is 2.14. The van der Waals surface area contributed by atoms with E-state index in [-0.39, 0.29) is 16.6 Å². The number of hydrogen-bond donors (Lipinski definition) is 2. The number of aromatic nitrogens is 3. The van der Waals surface area contributed by atoms with Gasteiger partial charge >= 0.3 is 0 Å². The lowest BCUT2D eigenvalue weighted by Gasteiger charge is -2.01. The first-order valence-corrected chi connectivity index (χ1v) is 5.77. The van der Waals surface area contributed by atoms with Gasteiger partial charge in [-0.2, -0.15) is 0 Å². The molecule has 0 aliphatic heterocycles. The summed E-state index contributed by atoms with van der Waals surface area (Å²) in [5, 5.41) is 2.94. The van der Waals surface area contributed by atoms with E-state index >= 15 is 0 Å². The topological polar surface area (TPSA) is 70.7 Å². The van der Waals surface area contributed by atoms with Gasteiger partial charge in [-0.25, -0.2) is 13.5 Å². The van der Waals surface area contributed by atoms with Gasteiger partial charge in [-0.05, 0) is 19.1 Å². The van der Waals surface area contributed by atoms with Crippen LogP contribution in [0.1, 0.15) is 5.69 Å². The van der Waals surface area contributed by atoms with E-state index in [2.05, 4.69) is 10.1 Å². The summed E-state index contributed by atoms with van der Waals surface area (Å²) in [6.45, 7) is 1.58. The molecule has 0 aliphatic carbocycles. The number of nitrogens with one attached hydrogen (secondary N) is 2. The van der Waals surface area contributed by atoms with Crippen molar-refractivity contribution in [2.45, 2.75) is 6.92 Å². The van der Waals surface area contributed by atoms with E-state index < -0.39 is 17.2 Å². The number of nitrogens with zero attached hydrogens (tertiary/aromatic N) is 1. The molecule has 0 saturated carbocycles. The molecule has 2 heterocycles. The summed E-state index contributed by atoms with van der Waals surface area (Å²) in [4.78, 5) is 26.1. The fourth-order valence-corrected chi connectivity index (χ4v) is 2.19. The average Bonchev–Trinajstić information content (AvgIpc) is 2.65. The van der Waals surface area contributed by atoms with Gasteiger partial charge in [0.1, 0.15) is 11.6 Å². The molecular formula is C13H9F2N3O2. The maximum absolute atomic E-state index is 13.2. The van der Waals surface area contributed by atoms with E-state index in [9.17, 15) is 18.4 Å². The number of pyridine rings is 1. The van der Waals surface area contributed by atoms with Gasteiger partial charge in [-0.15, -0.1) is 0 Å². The molecule has 0 aliphatic rings.